The first-order valence-electron chi connectivity index (χ1n) is 10.3. The summed E-state index contributed by atoms with van der Waals surface area (Å²) in [5, 5.41) is 8.11. The molecule has 1 aliphatic heterocycles. The molecule has 2 aromatic carbocycles. The summed E-state index contributed by atoms with van der Waals surface area (Å²) in [4.78, 5) is 17.0. The molecular formula is C21H24N4O5S3. The molecule has 1 amide bonds. The van der Waals surface area contributed by atoms with Crippen molar-refractivity contribution in [3.05, 3.63) is 48.0 Å². The first-order chi connectivity index (χ1) is 15.4. The summed E-state index contributed by atoms with van der Waals surface area (Å²) in [5.74, 6) is 0.136. The van der Waals surface area contributed by atoms with Gasteiger partial charge in [0.15, 0.2) is 5.13 Å². The number of primary sulfonamides is 1. The maximum Gasteiger partial charge on any atom is 0.257 e. The number of sulfonamides is 2. The minimum Gasteiger partial charge on any atom is -0.298 e. The first-order valence-corrected chi connectivity index (χ1v) is 14.1. The molecule has 3 aromatic rings. The SMILES string of the molecule is C[C@@H]1C[C@H](C)CN(S(=O)(=O)c2ccc(C(=O)Nc3nc4ccc(S(N)(=O)=O)cc4s3)cc2)C1. The molecule has 0 spiro atoms. The minimum atomic E-state index is -3.84. The number of carbonyl (C=O) groups is 1. The van der Waals surface area contributed by atoms with Crippen LogP contribution in [0.2, 0.25) is 0 Å². The van der Waals surface area contributed by atoms with Crippen LogP contribution in [0, 0.1) is 11.8 Å². The Morgan fingerprint density at radius 3 is 2.24 bits per heavy atom. The topological polar surface area (TPSA) is 140 Å². The van der Waals surface area contributed by atoms with Gasteiger partial charge in [-0.2, -0.15) is 4.31 Å². The molecule has 0 bridgehead atoms. The molecule has 2 heterocycles. The van der Waals surface area contributed by atoms with Gasteiger partial charge in [0.05, 0.1) is 20.0 Å². The minimum absolute atomic E-state index is 0.0363. The zero-order valence-electron chi connectivity index (χ0n) is 18.1. The molecule has 1 aliphatic rings. The number of amides is 1. The highest BCUT2D eigenvalue weighted by molar-refractivity contribution is 7.89. The lowest BCUT2D eigenvalue weighted by atomic mass is 9.94. The number of nitrogens with zero attached hydrogens (tertiary/aromatic N) is 2. The summed E-state index contributed by atoms with van der Waals surface area (Å²) in [5.41, 5.74) is 0.799. The predicted octanol–water partition coefficient (Wildman–Crippen LogP) is 2.86. The number of fused-ring (bicyclic) bond motifs is 1. The number of rotatable bonds is 5. The maximum atomic E-state index is 13.0. The summed E-state index contributed by atoms with van der Waals surface area (Å²) >= 11 is 1.11. The van der Waals surface area contributed by atoms with E-state index in [9.17, 15) is 21.6 Å². The molecule has 12 heteroatoms. The molecule has 0 saturated carbocycles. The number of aromatic nitrogens is 1. The standard InChI is InChI=1S/C21H24N4O5S3/c1-13-9-14(2)12-25(11-13)33(29,30)16-5-3-15(4-6-16)20(26)24-21-23-18-8-7-17(32(22,27)28)10-19(18)31-21/h3-8,10,13-14H,9,11-12H2,1-2H3,(H2,22,27,28)(H,23,24,26)/t13-,14+. The number of benzene rings is 2. The zero-order valence-corrected chi connectivity index (χ0v) is 20.5. The van der Waals surface area contributed by atoms with Gasteiger partial charge in [0.1, 0.15) is 0 Å². The van der Waals surface area contributed by atoms with Gasteiger partial charge in [0.2, 0.25) is 20.0 Å². The van der Waals surface area contributed by atoms with Crippen molar-refractivity contribution in [2.45, 2.75) is 30.1 Å². The third-order valence-corrected chi connectivity index (χ3v) is 9.19. The summed E-state index contributed by atoms with van der Waals surface area (Å²) in [6, 6.07) is 10.1. The average Bonchev–Trinajstić information content (AvgIpc) is 3.14. The van der Waals surface area contributed by atoms with Crippen molar-refractivity contribution in [2.24, 2.45) is 17.0 Å². The van der Waals surface area contributed by atoms with Gasteiger partial charge >= 0.3 is 0 Å². The van der Waals surface area contributed by atoms with Crippen LogP contribution in [0.4, 0.5) is 5.13 Å². The highest BCUT2D eigenvalue weighted by atomic mass is 32.2. The van der Waals surface area contributed by atoms with Gasteiger partial charge in [0.25, 0.3) is 5.91 Å². The fourth-order valence-electron chi connectivity index (χ4n) is 4.03. The molecule has 0 aliphatic carbocycles. The molecular weight excluding hydrogens is 484 g/mol. The Morgan fingerprint density at radius 2 is 1.64 bits per heavy atom. The van der Waals surface area contributed by atoms with Gasteiger partial charge in [-0.15, -0.1) is 0 Å². The summed E-state index contributed by atoms with van der Waals surface area (Å²) < 4.78 is 51.1. The fraction of sp³-hybridized carbons (Fsp3) is 0.333. The Morgan fingerprint density at radius 1 is 1.03 bits per heavy atom. The Labute approximate surface area is 196 Å². The predicted molar refractivity (Wildman–Crippen MR) is 127 cm³/mol. The second-order valence-corrected chi connectivity index (χ2v) is 13.0. The van der Waals surface area contributed by atoms with Crippen LogP contribution in [0.3, 0.4) is 0 Å². The average molecular weight is 509 g/mol. The molecule has 1 aromatic heterocycles. The number of nitrogens with two attached hydrogens (primary N) is 1. The van der Waals surface area contributed by atoms with Gasteiger partial charge in [0, 0.05) is 18.7 Å². The van der Waals surface area contributed by atoms with Crippen molar-refractivity contribution >= 4 is 52.6 Å². The monoisotopic (exact) mass is 508 g/mol. The second kappa shape index (κ2) is 8.76. The third-order valence-electron chi connectivity index (χ3n) is 5.50. The molecule has 1 saturated heterocycles. The molecule has 4 rings (SSSR count). The molecule has 33 heavy (non-hydrogen) atoms. The van der Waals surface area contributed by atoms with Crippen molar-refractivity contribution in [3.8, 4) is 0 Å². The number of anilines is 1. The van der Waals surface area contributed by atoms with Crippen LogP contribution in [0.1, 0.15) is 30.6 Å². The van der Waals surface area contributed by atoms with Crippen molar-refractivity contribution < 1.29 is 21.6 Å². The van der Waals surface area contributed by atoms with E-state index in [1.807, 2.05) is 13.8 Å². The van der Waals surface area contributed by atoms with E-state index < -0.39 is 26.0 Å². The normalized spacial score (nSPS) is 20.1. The van der Waals surface area contributed by atoms with E-state index in [-0.39, 0.29) is 20.5 Å². The quantitative estimate of drug-likeness (QED) is 0.543. The lowest BCUT2D eigenvalue weighted by Gasteiger charge is -2.34. The van der Waals surface area contributed by atoms with E-state index in [1.165, 1.54) is 46.8 Å². The fourth-order valence-corrected chi connectivity index (χ4v) is 7.23. The number of hydrogen-bond acceptors (Lipinski definition) is 7. The number of piperidine rings is 1. The van der Waals surface area contributed by atoms with Crippen LogP contribution in [-0.4, -0.2) is 45.1 Å². The molecule has 176 valence electrons. The Kier molecular flexibility index (Phi) is 6.31. The van der Waals surface area contributed by atoms with Crippen LogP contribution in [0.15, 0.2) is 52.3 Å². The molecule has 0 radical (unpaired) electrons. The highest BCUT2D eigenvalue weighted by Gasteiger charge is 2.31. The summed E-state index contributed by atoms with van der Waals surface area (Å²) in [6.45, 7) is 5.06. The van der Waals surface area contributed by atoms with E-state index in [1.54, 1.807) is 0 Å². The zero-order chi connectivity index (χ0) is 24.0. The van der Waals surface area contributed by atoms with Crippen molar-refractivity contribution in [1.82, 2.24) is 9.29 Å². The first kappa shape index (κ1) is 23.8. The van der Waals surface area contributed by atoms with E-state index >= 15 is 0 Å². The van der Waals surface area contributed by atoms with Crippen molar-refractivity contribution in [2.75, 3.05) is 18.4 Å². The Balaban J connectivity index is 1.50. The largest absolute Gasteiger partial charge is 0.298 e. The van der Waals surface area contributed by atoms with Gasteiger partial charge in [-0.1, -0.05) is 25.2 Å². The number of nitrogens with one attached hydrogen (secondary N) is 1. The van der Waals surface area contributed by atoms with Crippen LogP contribution in [0.5, 0.6) is 0 Å². The van der Waals surface area contributed by atoms with Gasteiger partial charge in [-0.25, -0.2) is 27.0 Å². The van der Waals surface area contributed by atoms with E-state index in [0.29, 0.717) is 35.1 Å². The number of thiazole rings is 1. The highest BCUT2D eigenvalue weighted by Crippen LogP contribution is 2.29. The van der Waals surface area contributed by atoms with Crippen molar-refractivity contribution in [1.29, 1.82) is 0 Å². The van der Waals surface area contributed by atoms with E-state index in [2.05, 4.69) is 10.3 Å². The lowest BCUT2D eigenvalue weighted by molar-refractivity contribution is 0.102. The molecule has 9 nitrogen and oxygen atoms in total. The Hall–Kier alpha value is -2.38. The van der Waals surface area contributed by atoms with Crippen LogP contribution < -0.4 is 10.5 Å². The van der Waals surface area contributed by atoms with E-state index in [0.717, 1.165) is 17.8 Å². The maximum absolute atomic E-state index is 13.0. The molecule has 0 unspecified atom stereocenters. The molecule has 3 N–H and O–H groups in total. The van der Waals surface area contributed by atoms with E-state index in [4.69, 9.17) is 5.14 Å². The van der Waals surface area contributed by atoms with Gasteiger partial charge < -0.3 is 0 Å². The second-order valence-electron chi connectivity index (χ2n) is 8.44. The van der Waals surface area contributed by atoms with Crippen LogP contribution in [0.25, 0.3) is 10.2 Å². The summed E-state index contributed by atoms with van der Waals surface area (Å²) in [7, 11) is -7.47. The van der Waals surface area contributed by atoms with Gasteiger partial charge in [-0.3, -0.25) is 10.1 Å². The molecule has 2 atom stereocenters. The third kappa shape index (κ3) is 5.09. The molecule has 1 fully saturated rings. The Bertz CT molecular complexity index is 1410. The van der Waals surface area contributed by atoms with Gasteiger partial charge in [-0.05, 0) is 60.7 Å². The lowest BCUT2D eigenvalue weighted by Crippen LogP contribution is -2.42. The summed E-state index contributed by atoms with van der Waals surface area (Å²) in [6.07, 6.45) is 1.00. The number of hydrogen-bond donors (Lipinski definition) is 2. The van der Waals surface area contributed by atoms with Crippen LogP contribution >= 0.6 is 11.3 Å². The van der Waals surface area contributed by atoms with Crippen LogP contribution in [-0.2, 0) is 20.0 Å². The smallest absolute Gasteiger partial charge is 0.257 e. The number of carbonyl (C=O) groups excluding carboxylic acids is 1. The van der Waals surface area contributed by atoms with Crippen molar-refractivity contribution in [3.63, 3.8) is 0 Å².